The molecule has 0 heteroatoms. The van der Waals surface area contributed by atoms with Gasteiger partial charge in [0.1, 0.15) is 0 Å². The van der Waals surface area contributed by atoms with Crippen molar-refractivity contribution in [2.75, 3.05) is 0 Å². The van der Waals surface area contributed by atoms with Crippen molar-refractivity contribution in [3.05, 3.63) is 23.3 Å². The molecular weight excluding hydrogens is 324 g/mol. The van der Waals surface area contributed by atoms with Crippen molar-refractivity contribution in [1.82, 2.24) is 0 Å². The van der Waals surface area contributed by atoms with Crippen LogP contribution >= 0.6 is 0 Å². The van der Waals surface area contributed by atoms with Crippen LogP contribution in [0.1, 0.15) is 101 Å². The Kier molecular flexibility index (Phi) is 5.55. The van der Waals surface area contributed by atoms with Crippen molar-refractivity contribution in [2.45, 2.75) is 101 Å². The van der Waals surface area contributed by atoms with E-state index in [0.29, 0.717) is 22.2 Å². The van der Waals surface area contributed by atoms with E-state index < -0.39 is 0 Å². The Balaban J connectivity index is 1.89. The summed E-state index contributed by atoms with van der Waals surface area (Å²) in [7, 11) is 0. The summed E-state index contributed by atoms with van der Waals surface area (Å²) >= 11 is 0. The normalized spacial score (nSPS) is 44.1. The summed E-state index contributed by atoms with van der Waals surface area (Å²) in [5.74, 6) is 4.07. The molecule has 0 heterocycles. The first-order chi connectivity index (χ1) is 12.4. The lowest BCUT2D eigenvalue weighted by molar-refractivity contribution is 0.0246. The Labute approximate surface area is 170 Å². The van der Waals surface area contributed by atoms with Crippen molar-refractivity contribution in [2.24, 2.45) is 45.8 Å². The van der Waals surface area contributed by atoms with Gasteiger partial charge in [-0.3, -0.25) is 0 Å². The average molecular weight is 371 g/mol. The van der Waals surface area contributed by atoms with E-state index in [0.717, 1.165) is 23.7 Å². The van der Waals surface area contributed by atoms with Gasteiger partial charge in [0.15, 0.2) is 0 Å². The van der Waals surface area contributed by atoms with Crippen LogP contribution in [0.2, 0.25) is 0 Å². The Bertz CT molecular complexity index is 614. The molecule has 0 aromatic carbocycles. The quantitative estimate of drug-likeness (QED) is 0.457. The monoisotopic (exact) mass is 370 g/mol. The van der Waals surface area contributed by atoms with Gasteiger partial charge in [-0.25, -0.2) is 0 Å². The molecule has 0 radical (unpaired) electrons. The van der Waals surface area contributed by atoms with E-state index in [9.17, 15) is 0 Å². The Morgan fingerprint density at radius 1 is 0.963 bits per heavy atom. The molecule has 3 saturated carbocycles. The Morgan fingerprint density at radius 2 is 1.63 bits per heavy atom. The molecule has 3 fully saturated rings. The molecule has 3 rings (SSSR count). The van der Waals surface area contributed by atoms with Crippen LogP contribution in [0.5, 0.6) is 0 Å². The molecular formula is C27H46. The van der Waals surface area contributed by atoms with Gasteiger partial charge >= 0.3 is 0 Å². The Hall–Kier alpha value is -0.520. The van der Waals surface area contributed by atoms with Crippen molar-refractivity contribution in [1.29, 1.82) is 0 Å². The van der Waals surface area contributed by atoms with E-state index in [2.05, 4.69) is 74.5 Å². The molecule has 0 aromatic rings. The van der Waals surface area contributed by atoms with E-state index in [1.807, 2.05) is 0 Å². The van der Waals surface area contributed by atoms with Gasteiger partial charge in [-0.2, -0.15) is 0 Å². The van der Waals surface area contributed by atoms with Crippen molar-refractivity contribution >= 4 is 0 Å². The van der Waals surface area contributed by atoms with Gasteiger partial charge in [0.05, 0.1) is 0 Å². The van der Waals surface area contributed by atoms with Crippen LogP contribution in [0.15, 0.2) is 23.3 Å². The van der Waals surface area contributed by atoms with Crippen LogP contribution < -0.4 is 0 Å². The predicted octanol–water partition coefficient (Wildman–Crippen LogP) is 8.44. The first-order valence-corrected chi connectivity index (χ1v) is 11.8. The highest BCUT2D eigenvalue weighted by molar-refractivity contribution is 5.29. The predicted molar refractivity (Wildman–Crippen MR) is 120 cm³/mol. The third-order valence-electron chi connectivity index (χ3n) is 10.2. The SMILES string of the molecule is CC(C)[C@H]1CC[C@H]2/C(=C/C=C3/CC(C)C(C)(C)C(C)C3(C)C)CCC[C@]12C. The van der Waals surface area contributed by atoms with Crippen LogP contribution in [0.25, 0.3) is 0 Å². The van der Waals surface area contributed by atoms with E-state index in [4.69, 9.17) is 0 Å². The third kappa shape index (κ3) is 3.38. The van der Waals surface area contributed by atoms with Crippen LogP contribution in [0, 0.1) is 45.8 Å². The van der Waals surface area contributed by atoms with E-state index >= 15 is 0 Å². The first-order valence-electron chi connectivity index (χ1n) is 11.8. The maximum Gasteiger partial charge on any atom is -0.0111 e. The summed E-state index contributed by atoms with van der Waals surface area (Å²) in [6.45, 7) is 22.4. The van der Waals surface area contributed by atoms with Gasteiger partial charge in [0.2, 0.25) is 0 Å². The zero-order valence-electron chi connectivity index (χ0n) is 19.8. The molecule has 154 valence electrons. The number of rotatable bonds is 2. The third-order valence-corrected chi connectivity index (χ3v) is 10.2. The molecule has 0 N–H and O–H groups in total. The van der Waals surface area contributed by atoms with Crippen LogP contribution in [-0.4, -0.2) is 0 Å². The molecule has 0 aliphatic heterocycles. The molecule has 0 aromatic heterocycles. The smallest absolute Gasteiger partial charge is 0.0111 e. The largest absolute Gasteiger partial charge is 0.0666 e. The van der Waals surface area contributed by atoms with E-state index in [1.54, 1.807) is 11.1 Å². The zero-order valence-corrected chi connectivity index (χ0v) is 19.8. The summed E-state index contributed by atoms with van der Waals surface area (Å²) in [4.78, 5) is 0. The lowest BCUT2D eigenvalue weighted by Crippen LogP contribution is -2.44. The second kappa shape index (κ2) is 7.07. The van der Waals surface area contributed by atoms with Crippen LogP contribution in [-0.2, 0) is 0 Å². The standard InChI is InChI=1S/C27H46/c1-18(2)23-14-15-24-21(11-10-16-27(23,24)9)12-13-22-17-19(3)25(5,6)20(4)26(22,7)8/h12-13,18-20,23-24H,10-11,14-17H2,1-9H3/b21-12+,22-13-/t19?,20?,23-,24+,27-/m1/s1. The Morgan fingerprint density at radius 3 is 2.26 bits per heavy atom. The summed E-state index contributed by atoms with van der Waals surface area (Å²) in [6.07, 6.45) is 13.5. The summed E-state index contributed by atoms with van der Waals surface area (Å²) in [6, 6.07) is 0. The first kappa shape index (κ1) is 21.2. The second-order valence-electron chi connectivity index (χ2n) is 12.1. The minimum absolute atomic E-state index is 0.307. The molecule has 0 amide bonds. The highest BCUT2D eigenvalue weighted by atomic mass is 14.5. The second-order valence-corrected chi connectivity index (χ2v) is 12.1. The summed E-state index contributed by atoms with van der Waals surface area (Å²) in [5, 5.41) is 0. The average Bonchev–Trinajstić information content (AvgIpc) is 2.93. The van der Waals surface area contributed by atoms with Crippen LogP contribution in [0.4, 0.5) is 0 Å². The van der Waals surface area contributed by atoms with Gasteiger partial charge < -0.3 is 0 Å². The van der Waals surface area contributed by atoms with Crippen molar-refractivity contribution < 1.29 is 0 Å². The molecule has 0 nitrogen and oxygen atoms in total. The molecule has 0 spiro atoms. The number of fused-ring (bicyclic) bond motifs is 1. The van der Waals surface area contributed by atoms with Gasteiger partial charge in [0.25, 0.3) is 0 Å². The lowest BCUT2D eigenvalue weighted by atomic mass is 9.52. The van der Waals surface area contributed by atoms with Gasteiger partial charge in [-0.05, 0) is 84.4 Å². The van der Waals surface area contributed by atoms with Gasteiger partial charge in [-0.1, -0.05) is 85.6 Å². The topological polar surface area (TPSA) is 0 Å². The molecule has 3 aliphatic rings. The van der Waals surface area contributed by atoms with E-state index in [-0.39, 0.29) is 0 Å². The molecule has 0 saturated heterocycles. The fraction of sp³-hybridized carbons (Fsp3) is 0.852. The number of hydrogen-bond donors (Lipinski definition) is 0. The molecule has 3 aliphatic carbocycles. The fourth-order valence-electron chi connectivity index (χ4n) is 7.36. The maximum absolute atomic E-state index is 2.62. The molecule has 2 unspecified atom stereocenters. The van der Waals surface area contributed by atoms with Crippen molar-refractivity contribution in [3.8, 4) is 0 Å². The molecule has 0 bridgehead atoms. The van der Waals surface area contributed by atoms with Gasteiger partial charge in [0, 0.05) is 0 Å². The van der Waals surface area contributed by atoms with E-state index in [1.165, 1.54) is 38.5 Å². The number of allylic oxidation sites excluding steroid dienone is 4. The molecule has 5 atom stereocenters. The number of hydrogen-bond acceptors (Lipinski definition) is 0. The zero-order chi connectivity index (χ0) is 20.2. The maximum atomic E-state index is 2.62. The highest BCUT2D eigenvalue weighted by Gasteiger charge is 2.50. The highest BCUT2D eigenvalue weighted by Crippen LogP contribution is 2.60. The summed E-state index contributed by atoms with van der Waals surface area (Å²) in [5.41, 5.74) is 4.76. The van der Waals surface area contributed by atoms with Crippen LogP contribution in [0.3, 0.4) is 0 Å². The fourth-order valence-corrected chi connectivity index (χ4v) is 7.36. The summed E-state index contributed by atoms with van der Waals surface area (Å²) < 4.78 is 0. The van der Waals surface area contributed by atoms with Gasteiger partial charge in [-0.15, -0.1) is 0 Å². The minimum atomic E-state index is 0.307. The molecule has 27 heavy (non-hydrogen) atoms. The lowest BCUT2D eigenvalue weighted by Gasteiger charge is -2.53. The van der Waals surface area contributed by atoms with Crippen molar-refractivity contribution in [3.63, 3.8) is 0 Å². The minimum Gasteiger partial charge on any atom is -0.0666 e.